The standard InChI is InChI=1S/C18H19N5O/c1-11-3-2-7-23-15(11)9-14(21-23)17-16-13(19-10-20-16)6-8-22(17)18(24)12-4-5-12/h2-3,7,9-10,12,17H,4-6,8H2,1H3,(H,19,20). The van der Waals surface area contributed by atoms with Crippen LogP contribution in [0.5, 0.6) is 0 Å². The number of nitrogens with zero attached hydrogens (tertiary/aromatic N) is 4. The Morgan fingerprint density at radius 1 is 1.38 bits per heavy atom. The summed E-state index contributed by atoms with van der Waals surface area (Å²) in [5.74, 6) is 0.453. The van der Waals surface area contributed by atoms with Crippen molar-refractivity contribution in [2.75, 3.05) is 6.54 Å². The van der Waals surface area contributed by atoms with E-state index in [0.717, 1.165) is 48.4 Å². The lowest BCUT2D eigenvalue weighted by molar-refractivity contribution is -0.134. The van der Waals surface area contributed by atoms with E-state index in [9.17, 15) is 4.79 Å². The van der Waals surface area contributed by atoms with Crippen LogP contribution in [-0.4, -0.2) is 36.9 Å². The SMILES string of the molecule is Cc1cccn2nc(C3c4nc[nH]c4CCN3C(=O)C3CC3)cc12. The summed E-state index contributed by atoms with van der Waals surface area (Å²) in [7, 11) is 0. The molecular formula is C18H19N5O. The van der Waals surface area contributed by atoms with Gasteiger partial charge in [-0.15, -0.1) is 0 Å². The fraction of sp³-hybridized carbons (Fsp3) is 0.389. The number of aryl methyl sites for hydroxylation is 1. The Bertz CT molecular complexity index is 936. The first-order valence-electron chi connectivity index (χ1n) is 8.50. The molecule has 3 aromatic heterocycles. The maximum atomic E-state index is 12.8. The summed E-state index contributed by atoms with van der Waals surface area (Å²) in [6.45, 7) is 2.80. The van der Waals surface area contributed by atoms with Crippen molar-refractivity contribution in [3.63, 3.8) is 0 Å². The van der Waals surface area contributed by atoms with E-state index in [-0.39, 0.29) is 17.9 Å². The highest BCUT2D eigenvalue weighted by Gasteiger charge is 2.41. The van der Waals surface area contributed by atoms with Gasteiger partial charge in [0.05, 0.1) is 23.2 Å². The molecule has 0 aromatic carbocycles. The normalized spacial score (nSPS) is 20.4. The Morgan fingerprint density at radius 3 is 3.04 bits per heavy atom. The Labute approximate surface area is 139 Å². The summed E-state index contributed by atoms with van der Waals surface area (Å²) in [6, 6.07) is 5.98. The van der Waals surface area contributed by atoms with Gasteiger partial charge < -0.3 is 9.88 Å². The molecule has 0 bridgehead atoms. The van der Waals surface area contributed by atoms with Gasteiger partial charge in [-0.3, -0.25) is 4.79 Å². The van der Waals surface area contributed by atoms with Gasteiger partial charge in [0.1, 0.15) is 6.04 Å². The second-order valence-electron chi connectivity index (χ2n) is 6.81. The van der Waals surface area contributed by atoms with Gasteiger partial charge in [-0.1, -0.05) is 6.07 Å². The minimum absolute atomic E-state index is 0.188. The van der Waals surface area contributed by atoms with Crippen molar-refractivity contribution in [1.29, 1.82) is 0 Å². The Hall–Kier alpha value is -2.63. The fourth-order valence-corrected chi connectivity index (χ4v) is 3.69. The number of carbonyl (C=O) groups excluding carboxylic acids is 1. The van der Waals surface area contributed by atoms with Crippen LogP contribution in [-0.2, 0) is 11.2 Å². The highest BCUT2D eigenvalue weighted by atomic mass is 16.2. The number of hydrogen-bond donors (Lipinski definition) is 1. The van der Waals surface area contributed by atoms with Crippen LogP contribution in [0.4, 0.5) is 0 Å². The highest BCUT2D eigenvalue weighted by molar-refractivity contribution is 5.82. The third-order valence-electron chi connectivity index (χ3n) is 5.15. The molecule has 24 heavy (non-hydrogen) atoms. The first kappa shape index (κ1) is 13.8. The highest BCUT2D eigenvalue weighted by Crippen LogP contribution is 2.39. The average Bonchev–Trinajstić information content (AvgIpc) is 3.16. The van der Waals surface area contributed by atoms with Crippen molar-refractivity contribution < 1.29 is 4.79 Å². The van der Waals surface area contributed by atoms with Crippen molar-refractivity contribution in [1.82, 2.24) is 24.5 Å². The van der Waals surface area contributed by atoms with Crippen molar-refractivity contribution in [3.8, 4) is 0 Å². The molecule has 6 heteroatoms. The van der Waals surface area contributed by atoms with E-state index in [2.05, 4.69) is 29.0 Å². The van der Waals surface area contributed by atoms with Gasteiger partial charge in [0.2, 0.25) is 5.91 Å². The molecule has 3 aromatic rings. The van der Waals surface area contributed by atoms with Gasteiger partial charge in [0.25, 0.3) is 0 Å². The molecule has 5 rings (SSSR count). The second kappa shape index (κ2) is 4.93. The predicted octanol–water partition coefficient (Wildman–Crippen LogP) is 2.25. The van der Waals surface area contributed by atoms with Gasteiger partial charge in [-0.25, -0.2) is 9.50 Å². The number of imidazole rings is 1. The van der Waals surface area contributed by atoms with E-state index < -0.39 is 0 Å². The number of aromatic amines is 1. The van der Waals surface area contributed by atoms with E-state index in [0.29, 0.717) is 0 Å². The Balaban J connectivity index is 1.65. The molecule has 0 radical (unpaired) electrons. The molecule has 1 aliphatic heterocycles. The molecule has 6 nitrogen and oxygen atoms in total. The largest absolute Gasteiger partial charge is 0.348 e. The number of rotatable bonds is 2. The van der Waals surface area contributed by atoms with E-state index in [1.54, 1.807) is 6.33 Å². The molecular weight excluding hydrogens is 302 g/mol. The molecule has 1 N–H and O–H groups in total. The summed E-state index contributed by atoms with van der Waals surface area (Å²) in [5.41, 5.74) is 5.21. The topological polar surface area (TPSA) is 66.3 Å². The molecule has 122 valence electrons. The molecule has 0 saturated heterocycles. The van der Waals surface area contributed by atoms with Gasteiger partial charge in [0, 0.05) is 30.8 Å². The minimum atomic E-state index is -0.188. The molecule has 1 unspecified atom stereocenters. The third kappa shape index (κ3) is 1.99. The smallest absolute Gasteiger partial charge is 0.226 e. The number of hydrogen-bond acceptors (Lipinski definition) is 3. The van der Waals surface area contributed by atoms with E-state index in [4.69, 9.17) is 5.10 Å². The lowest BCUT2D eigenvalue weighted by atomic mass is 9.99. The van der Waals surface area contributed by atoms with Crippen LogP contribution in [0, 0.1) is 12.8 Å². The molecule has 0 spiro atoms. The van der Waals surface area contributed by atoms with Crippen LogP contribution >= 0.6 is 0 Å². The summed E-state index contributed by atoms with van der Waals surface area (Å²) in [6.07, 6.45) is 6.53. The molecule has 1 aliphatic carbocycles. The maximum Gasteiger partial charge on any atom is 0.226 e. The molecule has 1 fully saturated rings. The lowest BCUT2D eigenvalue weighted by Crippen LogP contribution is -2.41. The molecule has 2 aliphatic rings. The van der Waals surface area contributed by atoms with Crippen LogP contribution in [0.2, 0.25) is 0 Å². The lowest BCUT2D eigenvalue weighted by Gasteiger charge is -2.34. The fourth-order valence-electron chi connectivity index (χ4n) is 3.69. The minimum Gasteiger partial charge on any atom is -0.348 e. The summed E-state index contributed by atoms with van der Waals surface area (Å²) in [4.78, 5) is 22.5. The first-order valence-corrected chi connectivity index (χ1v) is 8.50. The van der Waals surface area contributed by atoms with Gasteiger partial charge in [-0.2, -0.15) is 5.10 Å². The van der Waals surface area contributed by atoms with Crippen LogP contribution in [0.3, 0.4) is 0 Å². The van der Waals surface area contributed by atoms with E-state index in [1.807, 2.05) is 21.7 Å². The number of fused-ring (bicyclic) bond motifs is 2. The summed E-state index contributed by atoms with van der Waals surface area (Å²) in [5, 5.41) is 4.76. The molecule has 4 heterocycles. The Kier molecular flexibility index (Phi) is 2.83. The maximum absolute atomic E-state index is 12.8. The van der Waals surface area contributed by atoms with E-state index >= 15 is 0 Å². The van der Waals surface area contributed by atoms with Crippen LogP contribution in [0.15, 0.2) is 30.7 Å². The quantitative estimate of drug-likeness (QED) is 0.787. The zero-order valence-electron chi connectivity index (χ0n) is 13.6. The Morgan fingerprint density at radius 2 is 2.25 bits per heavy atom. The second-order valence-corrected chi connectivity index (χ2v) is 6.81. The number of H-pyrrole nitrogens is 1. The van der Waals surface area contributed by atoms with Crippen LogP contribution in [0.25, 0.3) is 5.52 Å². The van der Waals surface area contributed by atoms with Crippen LogP contribution < -0.4 is 0 Å². The molecule has 1 saturated carbocycles. The van der Waals surface area contributed by atoms with Gasteiger partial charge in [-0.05, 0) is 37.5 Å². The molecule has 1 amide bonds. The average molecular weight is 321 g/mol. The summed E-state index contributed by atoms with van der Waals surface area (Å²) >= 11 is 0. The monoisotopic (exact) mass is 321 g/mol. The van der Waals surface area contributed by atoms with Gasteiger partial charge in [0.15, 0.2) is 0 Å². The number of nitrogens with one attached hydrogen (secondary N) is 1. The number of amides is 1. The molecule has 1 atom stereocenters. The van der Waals surface area contributed by atoms with Gasteiger partial charge >= 0.3 is 0 Å². The zero-order valence-corrected chi connectivity index (χ0v) is 13.6. The number of aromatic nitrogens is 4. The first-order chi connectivity index (χ1) is 11.7. The third-order valence-corrected chi connectivity index (χ3v) is 5.15. The summed E-state index contributed by atoms with van der Waals surface area (Å²) < 4.78 is 1.89. The predicted molar refractivity (Wildman–Crippen MR) is 88.5 cm³/mol. The van der Waals surface area contributed by atoms with Crippen molar-refractivity contribution in [3.05, 3.63) is 53.4 Å². The van der Waals surface area contributed by atoms with Crippen molar-refractivity contribution >= 4 is 11.4 Å². The zero-order chi connectivity index (χ0) is 16.3. The van der Waals surface area contributed by atoms with E-state index in [1.165, 1.54) is 5.56 Å². The van der Waals surface area contributed by atoms with Crippen LogP contribution in [0.1, 0.15) is 41.5 Å². The number of pyridine rings is 1. The van der Waals surface area contributed by atoms with Crippen molar-refractivity contribution in [2.45, 2.75) is 32.2 Å². The number of carbonyl (C=O) groups is 1. The van der Waals surface area contributed by atoms with Crippen molar-refractivity contribution in [2.24, 2.45) is 5.92 Å².